The Morgan fingerprint density at radius 3 is 2.53 bits per heavy atom. The molecular weight excluding hydrogens is 395 g/mol. The van der Waals surface area contributed by atoms with Gasteiger partial charge in [0.2, 0.25) is 0 Å². The molecule has 1 N–H and O–H groups in total. The molecule has 0 radical (unpaired) electrons. The van der Waals surface area contributed by atoms with Gasteiger partial charge in [0, 0.05) is 22.7 Å². The number of aryl methyl sites for hydroxylation is 2. The lowest BCUT2D eigenvalue weighted by molar-refractivity contribution is -0.0373. The number of hydrogen-bond acceptors (Lipinski definition) is 4. The monoisotopic (exact) mass is 415 g/mol. The highest BCUT2D eigenvalue weighted by Crippen LogP contribution is 2.38. The lowest BCUT2D eigenvalue weighted by Gasteiger charge is -2.35. The fourth-order valence-electron chi connectivity index (χ4n) is 3.84. The van der Waals surface area contributed by atoms with E-state index < -0.39 is 29.1 Å². The van der Waals surface area contributed by atoms with E-state index in [1.54, 1.807) is 26.8 Å². The summed E-state index contributed by atoms with van der Waals surface area (Å²) < 4.78 is 45.5. The van der Waals surface area contributed by atoms with Crippen molar-refractivity contribution in [1.29, 1.82) is 0 Å². The molecule has 0 aliphatic heterocycles. The Labute approximate surface area is 170 Å². The summed E-state index contributed by atoms with van der Waals surface area (Å²) >= 11 is 0. The van der Waals surface area contributed by atoms with Crippen LogP contribution in [0.1, 0.15) is 29.8 Å². The molecule has 0 bridgehead atoms. The minimum Gasteiger partial charge on any atom is -0.381 e. The molecule has 0 saturated carbocycles. The van der Waals surface area contributed by atoms with E-state index in [0.717, 1.165) is 11.6 Å². The second-order valence-corrected chi connectivity index (χ2v) is 7.49. The van der Waals surface area contributed by atoms with Crippen LogP contribution in [-0.2, 0) is 12.1 Å². The van der Waals surface area contributed by atoms with Crippen molar-refractivity contribution in [2.24, 2.45) is 0 Å². The van der Waals surface area contributed by atoms with Crippen LogP contribution in [0.4, 0.5) is 13.2 Å². The zero-order chi connectivity index (χ0) is 21.6. The molecule has 2 aromatic heterocycles. The zero-order valence-electron chi connectivity index (χ0n) is 16.6. The molecular formula is C21H20F3N5O. The largest absolute Gasteiger partial charge is 0.381 e. The molecule has 0 spiro atoms. The summed E-state index contributed by atoms with van der Waals surface area (Å²) in [6.07, 6.45) is 2.67. The summed E-state index contributed by atoms with van der Waals surface area (Å²) in [7, 11) is 0. The Kier molecular flexibility index (Phi) is 4.85. The highest BCUT2D eigenvalue weighted by atomic mass is 19.1. The van der Waals surface area contributed by atoms with Gasteiger partial charge in [-0.3, -0.25) is 4.68 Å². The SMILES string of the molecule is Cc1cc(F)c2nn([C@H](C)[C@](O)(Cn3cncn3)c3ccc(F)cc3F)c(C)c2c1. The standard InChI is InChI=1S/C21H20F3N5O/c1-12-6-16-13(2)29(27-20(16)19(24)7-12)14(3)21(30,9-28-11-25-10-26-28)17-5-4-15(22)8-18(17)23/h4-8,10-11,14,30H,9H2,1-3H3/t14-,21-/m1/s1. The number of halogens is 3. The van der Waals surface area contributed by atoms with Crippen LogP contribution < -0.4 is 0 Å². The van der Waals surface area contributed by atoms with E-state index in [2.05, 4.69) is 15.2 Å². The van der Waals surface area contributed by atoms with Crippen molar-refractivity contribution < 1.29 is 18.3 Å². The van der Waals surface area contributed by atoms with E-state index in [-0.39, 0.29) is 17.6 Å². The normalized spacial score (nSPS) is 14.8. The number of aliphatic hydroxyl groups is 1. The summed E-state index contributed by atoms with van der Waals surface area (Å²) in [5.41, 5.74) is -0.503. The average molecular weight is 415 g/mol. The number of aromatic nitrogens is 5. The number of nitrogens with zero attached hydrogens (tertiary/aromatic N) is 5. The predicted octanol–water partition coefficient (Wildman–Crippen LogP) is 3.81. The fourth-order valence-corrected chi connectivity index (χ4v) is 3.84. The van der Waals surface area contributed by atoms with E-state index in [1.807, 2.05) is 0 Å². The van der Waals surface area contributed by atoms with Gasteiger partial charge in [0.05, 0.1) is 12.6 Å². The van der Waals surface area contributed by atoms with Gasteiger partial charge in [-0.15, -0.1) is 0 Å². The Morgan fingerprint density at radius 1 is 1.10 bits per heavy atom. The number of rotatable bonds is 5. The predicted molar refractivity (Wildman–Crippen MR) is 104 cm³/mol. The molecule has 2 heterocycles. The first-order valence-corrected chi connectivity index (χ1v) is 9.36. The molecule has 6 nitrogen and oxygen atoms in total. The molecule has 0 aliphatic carbocycles. The van der Waals surface area contributed by atoms with Crippen molar-refractivity contribution in [3.05, 3.63) is 77.3 Å². The van der Waals surface area contributed by atoms with Crippen molar-refractivity contribution in [1.82, 2.24) is 24.5 Å². The quantitative estimate of drug-likeness (QED) is 0.538. The molecule has 2 aromatic carbocycles. The molecule has 9 heteroatoms. The second-order valence-electron chi connectivity index (χ2n) is 7.49. The highest BCUT2D eigenvalue weighted by molar-refractivity contribution is 5.82. The van der Waals surface area contributed by atoms with E-state index >= 15 is 0 Å². The Morgan fingerprint density at radius 2 is 1.87 bits per heavy atom. The van der Waals surface area contributed by atoms with Gasteiger partial charge in [0.25, 0.3) is 0 Å². The van der Waals surface area contributed by atoms with Crippen LogP contribution in [0.2, 0.25) is 0 Å². The van der Waals surface area contributed by atoms with Gasteiger partial charge in [-0.25, -0.2) is 22.8 Å². The van der Waals surface area contributed by atoms with Crippen molar-refractivity contribution >= 4 is 10.9 Å². The van der Waals surface area contributed by atoms with Crippen LogP contribution in [0, 0.1) is 31.3 Å². The number of fused-ring (bicyclic) bond motifs is 1. The highest BCUT2D eigenvalue weighted by Gasteiger charge is 2.41. The minimum absolute atomic E-state index is 0.123. The zero-order valence-corrected chi connectivity index (χ0v) is 16.6. The molecule has 2 atom stereocenters. The van der Waals surface area contributed by atoms with Gasteiger partial charge in [0.1, 0.15) is 35.4 Å². The first kappa shape index (κ1) is 20.1. The molecule has 0 amide bonds. The van der Waals surface area contributed by atoms with Gasteiger partial charge >= 0.3 is 0 Å². The van der Waals surface area contributed by atoms with E-state index in [4.69, 9.17) is 0 Å². The minimum atomic E-state index is -1.89. The Bertz CT molecular complexity index is 1220. The smallest absolute Gasteiger partial charge is 0.151 e. The number of hydrogen-bond donors (Lipinski definition) is 1. The second kappa shape index (κ2) is 7.24. The third-order valence-corrected chi connectivity index (χ3v) is 5.47. The fraction of sp³-hybridized carbons (Fsp3) is 0.286. The van der Waals surface area contributed by atoms with Crippen molar-refractivity contribution in [3.8, 4) is 0 Å². The van der Waals surface area contributed by atoms with Gasteiger partial charge in [0.15, 0.2) is 5.82 Å². The van der Waals surface area contributed by atoms with Crippen LogP contribution in [0.5, 0.6) is 0 Å². The summed E-state index contributed by atoms with van der Waals surface area (Å²) in [4.78, 5) is 3.86. The van der Waals surface area contributed by atoms with Gasteiger partial charge < -0.3 is 5.11 Å². The third kappa shape index (κ3) is 3.24. The molecule has 0 fully saturated rings. The van der Waals surface area contributed by atoms with Crippen LogP contribution in [-0.4, -0.2) is 29.7 Å². The van der Waals surface area contributed by atoms with Crippen molar-refractivity contribution in [3.63, 3.8) is 0 Å². The van der Waals surface area contributed by atoms with E-state index in [0.29, 0.717) is 17.1 Å². The van der Waals surface area contributed by atoms with Crippen molar-refractivity contribution in [2.75, 3.05) is 0 Å². The molecule has 4 rings (SSSR count). The summed E-state index contributed by atoms with van der Waals surface area (Å²) in [6, 6.07) is 5.32. The molecule has 4 aromatic rings. The first-order valence-electron chi connectivity index (χ1n) is 9.36. The maximum Gasteiger partial charge on any atom is 0.151 e. The van der Waals surface area contributed by atoms with Crippen LogP contribution in [0.15, 0.2) is 43.0 Å². The summed E-state index contributed by atoms with van der Waals surface area (Å²) in [6.45, 7) is 5.00. The summed E-state index contributed by atoms with van der Waals surface area (Å²) in [5, 5.41) is 20.7. The maximum absolute atomic E-state index is 14.7. The molecule has 0 saturated heterocycles. The lowest BCUT2D eigenvalue weighted by atomic mass is 9.86. The Hall–Kier alpha value is -3.20. The molecule has 0 unspecified atom stereocenters. The lowest BCUT2D eigenvalue weighted by Crippen LogP contribution is -2.41. The Balaban J connectivity index is 1.90. The first-order chi connectivity index (χ1) is 14.2. The van der Waals surface area contributed by atoms with Gasteiger partial charge in [-0.1, -0.05) is 6.07 Å². The van der Waals surface area contributed by atoms with Crippen molar-refractivity contribution in [2.45, 2.75) is 39.0 Å². The third-order valence-electron chi connectivity index (χ3n) is 5.47. The van der Waals surface area contributed by atoms with Crippen LogP contribution in [0.3, 0.4) is 0 Å². The van der Waals surface area contributed by atoms with Crippen LogP contribution >= 0.6 is 0 Å². The topological polar surface area (TPSA) is 68.8 Å². The molecule has 30 heavy (non-hydrogen) atoms. The number of benzene rings is 2. The molecule has 0 aliphatic rings. The van der Waals surface area contributed by atoms with E-state index in [1.165, 1.54) is 34.2 Å². The van der Waals surface area contributed by atoms with Crippen LogP contribution in [0.25, 0.3) is 10.9 Å². The van der Waals surface area contributed by atoms with Gasteiger partial charge in [-0.05, 0) is 44.5 Å². The summed E-state index contributed by atoms with van der Waals surface area (Å²) in [5.74, 6) is -2.14. The van der Waals surface area contributed by atoms with E-state index in [9.17, 15) is 18.3 Å². The average Bonchev–Trinajstić information content (AvgIpc) is 3.29. The maximum atomic E-state index is 14.7. The van der Waals surface area contributed by atoms with Gasteiger partial charge in [-0.2, -0.15) is 10.2 Å². The molecule has 156 valence electrons.